The lowest BCUT2D eigenvalue weighted by Gasteiger charge is -2.28. The number of carboxylic acid groups (broad SMARTS) is 1. The van der Waals surface area contributed by atoms with Crippen molar-refractivity contribution in [1.29, 1.82) is 0 Å². The molecular weight excluding hydrogens is 306 g/mol. The molecule has 1 aliphatic carbocycles. The molecule has 2 rings (SSSR count). The second-order valence-electron chi connectivity index (χ2n) is 7.13. The lowest BCUT2D eigenvalue weighted by Crippen LogP contribution is -2.41. The molecule has 0 aromatic heterocycles. The highest BCUT2D eigenvalue weighted by Gasteiger charge is 2.30. The van der Waals surface area contributed by atoms with Gasteiger partial charge in [-0.25, -0.2) is 0 Å². The van der Waals surface area contributed by atoms with Gasteiger partial charge >= 0.3 is 0 Å². The van der Waals surface area contributed by atoms with E-state index in [1.54, 1.807) is 6.08 Å². The Morgan fingerprint density at radius 3 is 2.33 bits per heavy atom. The molecule has 0 saturated carbocycles. The number of anilines is 1. The number of methoxy groups -OCH3 is 1. The minimum Gasteiger partial charge on any atom is -0.550 e. The van der Waals surface area contributed by atoms with Crippen LogP contribution in [0.2, 0.25) is 0 Å². The van der Waals surface area contributed by atoms with Crippen LogP contribution >= 0.6 is 0 Å². The molecule has 1 amide bonds. The number of aliphatic carboxylic acids is 1. The first-order valence-electron chi connectivity index (χ1n) is 8.09. The fourth-order valence-electron chi connectivity index (χ4n) is 2.86. The fourth-order valence-corrected chi connectivity index (χ4v) is 2.86. The van der Waals surface area contributed by atoms with Crippen molar-refractivity contribution in [2.75, 3.05) is 12.4 Å². The third-order valence-corrected chi connectivity index (χ3v) is 4.40. The van der Waals surface area contributed by atoms with Crippen molar-refractivity contribution in [3.8, 4) is 5.75 Å². The van der Waals surface area contributed by atoms with Gasteiger partial charge in [-0.05, 0) is 36.0 Å². The molecule has 0 saturated heterocycles. The van der Waals surface area contributed by atoms with Crippen LogP contribution in [-0.4, -0.2) is 19.0 Å². The van der Waals surface area contributed by atoms with Crippen molar-refractivity contribution in [1.82, 2.24) is 0 Å². The smallest absolute Gasteiger partial charge is 0.228 e. The van der Waals surface area contributed by atoms with Crippen LogP contribution in [0.15, 0.2) is 30.4 Å². The third kappa shape index (κ3) is 3.96. The maximum atomic E-state index is 12.6. The SMILES string of the molecule is COc1ccc(C(C)(C)C)cc1NC(=O)[C@H]1CC=CC[C@@H]1C(=O)[O-]. The van der Waals surface area contributed by atoms with Crippen LogP contribution in [0.3, 0.4) is 0 Å². The lowest BCUT2D eigenvalue weighted by molar-refractivity contribution is -0.313. The van der Waals surface area contributed by atoms with Crippen LogP contribution < -0.4 is 15.2 Å². The van der Waals surface area contributed by atoms with Crippen LogP contribution in [0.5, 0.6) is 5.75 Å². The molecule has 1 aromatic rings. The number of amides is 1. The maximum absolute atomic E-state index is 12.6. The zero-order valence-corrected chi connectivity index (χ0v) is 14.6. The van der Waals surface area contributed by atoms with Crippen molar-refractivity contribution < 1.29 is 19.4 Å². The Morgan fingerprint density at radius 1 is 1.17 bits per heavy atom. The van der Waals surface area contributed by atoms with E-state index in [1.165, 1.54) is 7.11 Å². The molecule has 0 radical (unpaired) electrons. The van der Waals surface area contributed by atoms with Crippen molar-refractivity contribution in [2.45, 2.75) is 39.0 Å². The summed E-state index contributed by atoms with van der Waals surface area (Å²) in [6.45, 7) is 6.25. The second kappa shape index (κ2) is 7.07. The van der Waals surface area contributed by atoms with Gasteiger partial charge in [0, 0.05) is 11.9 Å². The van der Waals surface area contributed by atoms with Gasteiger partial charge in [-0.2, -0.15) is 0 Å². The molecule has 1 aromatic carbocycles. The van der Waals surface area contributed by atoms with E-state index < -0.39 is 17.8 Å². The molecule has 0 fully saturated rings. The summed E-state index contributed by atoms with van der Waals surface area (Å²) in [7, 11) is 1.54. The van der Waals surface area contributed by atoms with Crippen molar-refractivity contribution in [3.63, 3.8) is 0 Å². The quantitative estimate of drug-likeness (QED) is 0.859. The van der Waals surface area contributed by atoms with Crippen LogP contribution in [0.25, 0.3) is 0 Å². The summed E-state index contributed by atoms with van der Waals surface area (Å²) in [6, 6.07) is 5.65. The normalized spacial score (nSPS) is 20.5. The van der Waals surface area contributed by atoms with Gasteiger partial charge < -0.3 is 20.0 Å². The molecule has 130 valence electrons. The first kappa shape index (κ1) is 18.0. The third-order valence-electron chi connectivity index (χ3n) is 4.40. The van der Waals surface area contributed by atoms with Crippen molar-refractivity contribution >= 4 is 17.6 Å². The first-order valence-corrected chi connectivity index (χ1v) is 8.09. The molecular formula is C19H24NO4-. The number of carboxylic acids is 1. The molecule has 1 N–H and O–H groups in total. The number of nitrogens with one attached hydrogen (secondary N) is 1. The van der Waals surface area contributed by atoms with Gasteiger partial charge in [-0.15, -0.1) is 0 Å². The van der Waals surface area contributed by atoms with Gasteiger partial charge in [0.05, 0.1) is 18.7 Å². The Kier molecular flexibility index (Phi) is 5.32. The predicted molar refractivity (Wildman–Crippen MR) is 90.7 cm³/mol. The highest BCUT2D eigenvalue weighted by Crippen LogP contribution is 2.33. The molecule has 0 heterocycles. The highest BCUT2D eigenvalue weighted by molar-refractivity contribution is 5.96. The zero-order chi connectivity index (χ0) is 17.9. The molecule has 1 aliphatic rings. The van der Waals surface area contributed by atoms with Gasteiger partial charge in [-0.3, -0.25) is 4.79 Å². The van der Waals surface area contributed by atoms with E-state index in [-0.39, 0.29) is 11.3 Å². The van der Waals surface area contributed by atoms with Crippen molar-refractivity contribution in [2.24, 2.45) is 11.8 Å². The van der Waals surface area contributed by atoms with E-state index in [9.17, 15) is 14.7 Å². The van der Waals surface area contributed by atoms with E-state index in [2.05, 4.69) is 26.1 Å². The Balaban J connectivity index is 2.27. The van der Waals surface area contributed by atoms with Gasteiger partial charge in [0.1, 0.15) is 5.75 Å². The van der Waals surface area contributed by atoms with Gasteiger partial charge in [-0.1, -0.05) is 39.0 Å². The molecule has 0 unspecified atom stereocenters. The second-order valence-corrected chi connectivity index (χ2v) is 7.13. The number of hydrogen-bond acceptors (Lipinski definition) is 4. The minimum atomic E-state index is -1.19. The monoisotopic (exact) mass is 330 g/mol. The number of rotatable bonds is 4. The number of carbonyl (C=O) groups excluding carboxylic acids is 2. The summed E-state index contributed by atoms with van der Waals surface area (Å²) < 4.78 is 5.32. The molecule has 24 heavy (non-hydrogen) atoms. The Morgan fingerprint density at radius 2 is 1.79 bits per heavy atom. The van der Waals surface area contributed by atoms with Crippen LogP contribution in [0, 0.1) is 11.8 Å². The largest absolute Gasteiger partial charge is 0.550 e. The van der Waals surface area contributed by atoms with E-state index in [1.807, 2.05) is 24.3 Å². The predicted octanol–water partition coefficient (Wildman–Crippen LogP) is 2.26. The number of carbonyl (C=O) groups is 2. The molecule has 2 atom stereocenters. The van der Waals surface area contributed by atoms with Crippen molar-refractivity contribution in [3.05, 3.63) is 35.9 Å². The average Bonchev–Trinajstić information content (AvgIpc) is 2.53. The summed E-state index contributed by atoms with van der Waals surface area (Å²) in [5.74, 6) is -2.39. The molecule has 5 heteroatoms. The van der Waals surface area contributed by atoms with E-state index in [4.69, 9.17) is 4.74 Å². The summed E-state index contributed by atoms with van der Waals surface area (Å²) in [4.78, 5) is 23.9. The van der Waals surface area contributed by atoms with Gasteiger partial charge in [0.15, 0.2) is 0 Å². The summed E-state index contributed by atoms with van der Waals surface area (Å²) >= 11 is 0. The van der Waals surface area contributed by atoms with E-state index in [0.29, 0.717) is 24.3 Å². The average molecular weight is 330 g/mol. The maximum Gasteiger partial charge on any atom is 0.228 e. The van der Waals surface area contributed by atoms with Crippen LogP contribution in [0.4, 0.5) is 5.69 Å². The van der Waals surface area contributed by atoms with Gasteiger partial charge in [0.2, 0.25) is 5.91 Å². The summed E-state index contributed by atoms with van der Waals surface area (Å²) in [5.41, 5.74) is 1.53. The molecule has 5 nitrogen and oxygen atoms in total. The molecule has 0 aliphatic heterocycles. The zero-order valence-electron chi connectivity index (χ0n) is 14.6. The molecule has 0 bridgehead atoms. The Labute approximate surface area is 142 Å². The summed E-state index contributed by atoms with van der Waals surface area (Å²) in [6.07, 6.45) is 4.34. The number of hydrogen-bond donors (Lipinski definition) is 1. The van der Waals surface area contributed by atoms with E-state index in [0.717, 1.165) is 5.56 Å². The number of benzene rings is 1. The molecule has 0 spiro atoms. The number of allylic oxidation sites excluding steroid dienone is 2. The standard InChI is InChI=1S/C19H25NO4/c1-19(2,3)12-9-10-16(24-4)15(11-12)20-17(21)13-7-5-6-8-14(13)18(22)23/h5-6,9-11,13-14H,7-8H2,1-4H3,(H,20,21)(H,22,23)/p-1/t13-,14-/m0/s1. The van der Waals surface area contributed by atoms with Crippen LogP contribution in [0.1, 0.15) is 39.2 Å². The van der Waals surface area contributed by atoms with Gasteiger partial charge in [0.25, 0.3) is 0 Å². The Bertz CT molecular complexity index is 658. The highest BCUT2D eigenvalue weighted by atomic mass is 16.5. The fraction of sp³-hybridized carbons (Fsp3) is 0.474. The summed E-state index contributed by atoms with van der Waals surface area (Å²) in [5, 5.41) is 14.1. The lowest BCUT2D eigenvalue weighted by atomic mass is 9.82. The first-order chi connectivity index (χ1) is 11.2. The van der Waals surface area contributed by atoms with E-state index >= 15 is 0 Å². The topological polar surface area (TPSA) is 78.5 Å². The van der Waals surface area contributed by atoms with Crippen LogP contribution in [-0.2, 0) is 15.0 Å². The minimum absolute atomic E-state index is 0.0765. The Hall–Kier alpha value is -2.30. The number of ether oxygens (including phenoxy) is 1.